The van der Waals surface area contributed by atoms with Crippen LogP contribution < -0.4 is 5.32 Å². The molecule has 3 rings (SSSR count). The summed E-state index contributed by atoms with van der Waals surface area (Å²) in [5, 5.41) is 13.3. The molecule has 3 atom stereocenters. The summed E-state index contributed by atoms with van der Waals surface area (Å²) in [6, 6.07) is 7.26. The van der Waals surface area contributed by atoms with Gasteiger partial charge in [-0.05, 0) is 30.9 Å². The van der Waals surface area contributed by atoms with Gasteiger partial charge in [0.2, 0.25) is 5.91 Å². The minimum Gasteiger partial charge on any atom is -0.393 e. The van der Waals surface area contributed by atoms with Crippen molar-refractivity contribution in [1.82, 2.24) is 4.90 Å². The average Bonchev–Trinajstić information content (AvgIpc) is 3.02. The number of benzene rings is 1. The molecule has 1 saturated carbocycles. The van der Waals surface area contributed by atoms with E-state index in [-0.39, 0.29) is 12.0 Å². The predicted octanol–water partition coefficient (Wildman–Crippen LogP) is 2.37. The number of aliphatic hydroxyl groups excluding tert-OH is 1. The van der Waals surface area contributed by atoms with Crippen LogP contribution in [0.2, 0.25) is 5.02 Å². The van der Waals surface area contributed by atoms with Crippen molar-refractivity contribution in [3.05, 3.63) is 29.3 Å². The lowest BCUT2D eigenvalue weighted by Gasteiger charge is -2.17. The number of fused-ring (bicyclic) bond motifs is 1. The summed E-state index contributed by atoms with van der Waals surface area (Å²) < 4.78 is 0. The fourth-order valence-corrected chi connectivity index (χ4v) is 3.73. The third kappa shape index (κ3) is 3.39. The molecule has 4 nitrogen and oxygen atoms in total. The topological polar surface area (TPSA) is 52.6 Å². The van der Waals surface area contributed by atoms with Crippen LogP contribution in [-0.2, 0) is 4.79 Å². The van der Waals surface area contributed by atoms with Crippen LogP contribution in [0, 0.1) is 11.8 Å². The van der Waals surface area contributed by atoms with Crippen molar-refractivity contribution >= 4 is 23.2 Å². The summed E-state index contributed by atoms with van der Waals surface area (Å²) in [6.07, 6.45) is 2.38. The first-order valence-electron chi connectivity index (χ1n) is 7.58. The molecule has 114 valence electrons. The van der Waals surface area contributed by atoms with Crippen LogP contribution in [0.1, 0.15) is 19.3 Å². The zero-order valence-electron chi connectivity index (χ0n) is 12.0. The maximum Gasteiger partial charge on any atom is 0.225 e. The molecular formula is C16H21ClN2O2. The van der Waals surface area contributed by atoms with Crippen LogP contribution in [0.25, 0.3) is 0 Å². The molecule has 1 aromatic carbocycles. The maximum atomic E-state index is 12.0. The van der Waals surface area contributed by atoms with E-state index in [1.165, 1.54) is 0 Å². The first kappa shape index (κ1) is 14.8. The Morgan fingerprint density at radius 2 is 2.14 bits per heavy atom. The monoisotopic (exact) mass is 308 g/mol. The Hall–Kier alpha value is -1.10. The van der Waals surface area contributed by atoms with Crippen molar-refractivity contribution < 1.29 is 9.90 Å². The smallest absolute Gasteiger partial charge is 0.225 e. The first-order chi connectivity index (χ1) is 10.1. The fourth-order valence-electron chi connectivity index (χ4n) is 3.55. The van der Waals surface area contributed by atoms with E-state index < -0.39 is 0 Å². The minimum atomic E-state index is -0.142. The molecule has 1 amide bonds. The number of nitrogens with one attached hydrogen (secondary N) is 1. The van der Waals surface area contributed by atoms with Crippen LogP contribution in [-0.4, -0.2) is 41.7 Å². The van der Waals surface area contributed by atoms with Gasteiger partial charge in [-0.2, -0.15) is 0 Å². The molecule has 2 fully saturated rings. The zero-order valence-corrected chi connectivity index (χ0v) is 12.7. The Kier molecular flexibility index (Phi) is 4.48. The van der Waals surface area contributed by atoms with Gasteiger partial charge < -0.3 is 15.3 Å². The summed E-state index contributed by atoms with van der Waals surface area (Å²) >= 11 is 6.02. The Morgan fingerprint density at radius 3 is 2.90 bits per heavy atom. The standard InChI is InChI=1S/C16H21ClN2O2/c17-13-3-1-2-4-14(13)18-16(21)7-8-19-9-11-5-6-15(20)12(11)10-19/h1-4,11-12,15,20H,5-10H2,(H,18,21). The summed E-state index contributed by atoms with van der Waals surface area (Å²) in [5.74, 6) is 1.02. The molecule has 3 unspecified atom stereocenters. The second-order valence-corrected chi connectivity index (χ2v) is 6.51. The molecular weight excluding hydrogens is 288 g/mol. The predicted molar refractivity (Wildman–Crippen MR) is 83.4 cm³/mol. The Bertz CT molecular complexity index is 523. The van der Waals surface area contributed by atoms with Crippen molar-refractivity contribution in [3.8, 4) is 0 Å². The van der Waals surface area contributed by atoms with E-state index in [2.05, 4.69) is 10.2 Å². The van der Waals surface area contributed by atoms with Crippen molar-refractivity contribution in [2.24, 2.45) is 11.8 Å². The van der Waals surface area contributed by atoms with Gasteiger partial charge in [0.1, 0.15) is 0 Å². The van der Waals surface area contributed by atoms with E-state index in [1.807, 2.05) is 12.1 Å². The normalized spacial score (nSPS) is 28.6. The summed E-state index contributed by atoms with van der Waals surface area (Å²) in [4.78, 5) is 14.3. The van der Waals surface area contributed by atoms with Crippen molar-refractivity contribution in [2.45, 2.75) is 25.4 Å². The third-order valence-corrected chi connectivity index (χ3v) is 5.03. The third-order valence-electron chi connectivity index (χ3n) is 4.70. The quantitative estimate of drug-likeness (QED) is 0.898. The highest BCUT2D eigenvalue weighted by atomic mass is 35.5. The number of rotatable bonds is 4. The van der Waals surface area contributed by atoms with E-state index in [9.17, 15) is 9.90 Å². The van der Waals surface area contributed by atoms with Crippen molar-refractivity contribution in [2.75, 3.05) is 25.0 Å². The summed E-state index contributed by atoms with van der Waals surface area (Å²) in [7, 11) is 0. The maximum absolute atomic E-state index is 12.0. The highest BCUT2D eigenvalue weighted by molar-refractivity contribution is 6.33. The molecule has 0 radical (unpaired) electrons. The molecule has 21 heavy (non-hydrogen) atoms. The summed E-state index contributed by atoms with van der Waals surface area (Å²) in [5.41, 5.74) is 0.665. The molecule has 2 aliphatic rings. The average molecular weight is 309 g/mol. The van der Waals surface area contributed by atoms with E-state index in [1.54, 1.807) is 12.1 Å². The second-order valence-electron chi connectivity index (χ2n) is 6.11. The molecule has 2 N–H and O–H groups in total. The number of hydrogen-bond acceptors (Lipinski definition) is 3. The lowest BCUT2D eigenvalue weighted by Crippen LogP contribution is -2.28. The van der Waals surface area contributed by atoms with Gasteiger partial charge in [0.25, 0.3) is 0 Å². The van der Waals surface area contributed by atoms with Crippen LogP contribution in [0.5, 0.6) is 0 Å². The van der Waals surface area contributed by atoms with Crippen LogP contribution in [0.15, 0.2) is 24.3 Å². The lowest BCUT2D eigenvalue weighted by molar-refractivity contribution is -0.116. The SMILES string of the molecule is O=C(CCN1CC2CCC(O)C2C1)Nc1ccccc1Cl. The first-order valence-corrected chi connectivity index (χ1v) is 7.96. The Labute approximate surface area is 130 Å². The molecule has 1 aromatic rings. The number of aliphatic hydroxyl groups is 1. The van der Waals surface area contributed by atoms with Gasteiger partial charge in [0.15, 0.2) is 0 Å². The van der Waals surface area contributed by atoms with Gasteiger partial charge in [-0.3, -0.25) is 4.79 Å². The molecule has 1 aliphatic heterocycles. The number of amides is 1. The Morgan fingerprint density at radius 1 is 1.33 bits per heavy atom. The van der Waals surface area contributed by atoms with Gasteiger partial charge in [0.05, 0.1) is 16.8 Å². The van der Waals surface area contributed by atoms with E-state index in [4.69, 9.17) is 11.6 Å². The number of anilines is 1. The highest BCUT2D eigenvalue weighted by Crippen LogP contribution is 2.37. The van der Waals surface area contributed by atoms with E-state index in [0.29, 0.717) is 29.0 Å². The number of carbonyl (C=O) groups is 1. The molecule has 5 heteroatoms. The van der Waals surface area contributed by atoms with Gasteiger partial charge in [-0.15, -0.1) is 0 Å². The Balaban J connectivity index is 1.46. The molecule has 1 aliphatic carbocycles. The van der Waals surface area contributed by atoms with Crippen LogP contribution >= 0.6 is 11.6 Å². The molecule has 0 aromatic heterocycles. The fraction of sp³-hybridized carbons (Fsp3) is 0.562. The van der Waals surface area contributed by atoms with E-state index >= 15 is 0 Å². The van der Waals surface area contributed by atoms with Gasteiger partial charge in [-0.1, -0.05) is 23.7 Å². The van der Waals surface area contributed by atoms with Crippen LogP contribution in [0.3, 0.4) is 0 Å². The van der Waals surface area contributed by atoms with Crippen molar-refractivity contribution in [1.29, 1.82) is 0 Å². The second kappa shape index (κ2) is 6.34. The number of hydrogen-bond donors (Lipinski definition) is 2. The lowest BCUT2D eigenvalue weighted by atomic mass is 10.00. The number of carbonyl (C=O) groups excluding carboxylic acids is 1. The zero-order chi connectivity index (χ0) is 14.8. The number of nitrogens with zero attached hydrogens (tertiary/aromatic N) is 1. The molecule has 0 bridgehead atoms. The molecule has 1 heterocycles. The van der Waals surface area contributed by atoms with Crippen molar-refractivity contribution in [3.63, 3.8) is 0 Å². The summed E-state index contributed by atoms with van der Waals surface area (Å²) in [6.45, 7) is 2.68. The van der Waals surface area contributed by atoms with Gasteiger partial charge in [-0.25, -0.2) is 0 Å². The largest absolute Gasteiger partial charge is 0.393 e. The number of likely N-dealkylation sites (tertiary alicyclic amines) is 1. The number of halogens is 1. The van der Waals surface area contributed by atoms with Gasteiger partial charge in [0, 0.05) is 32.0 Å². The molecule has 1 saturated heterocycles. The highest BCUT2D eigenvalue weighted by Gasteiger charge is 2.41. The van der Waals surface area contributed by atoms with Gasteiger partial charge >= 0.3 is 0 Å². The minimum absolute atomic E-state index is 0.0132. The van der Waals surface area contributed by atoms with Crippen LogP contribution in [0.4, 0.5) is 5.69 Å². The van der Waals surface area contributed by atoms with E-state index in [0.717, 1.165) is 32.5 Å². The number of para-hydroxylation sites is 1. The molecule has 0 spiro atoms.